The molecule has 0 unspecified atom stereocenters. The Morgan fingerprint density at radius 3 is 2.82 bits per heavy atom. The molecule has 0 aliphatic carbocycles. The van der Waals surface area contributed by atoms with Crippen molar-refractivity contribution in [2.24, 2.45) is 7.05 Å². The zero-order chi connectivity index (χ0) is 15.3. The molecule has 0 spiro atoms. The molecule has 0 amide bonds. The molecule has 0 radical (unpaired) electrons. The lowest BCUT2D eigenvalue weighted by molar-refractivity contribution is 0.777. The van der Waals surface area contributed by atoms with E-state index in [4.69, 9.17) is 11.6 Å². The summed E-state index contributed by atoms with van der Waals surface area (Å²) in [6.07, 6.45) is 5.07. The minimum Gasteiger partial charge on any atom is -0.274 e. The van der Waals surface area contributed by atoms with Crippen molar-refractivity contribution in [3.05, 3.63) is 58.4 Å². The smallest absolute Gasteiger partial charge is 0.274 e. The summed E-state index contributed by atoms with van der Waals surface area (Å²) in [5.41, 5.74) is 1.26. The molecule has 0 bridgehead atoms. The van der Waals surface area contributed by atoms with Gasteiger partial charge in [-0.2, -0.15) is 5.10 Å². The Morgan fingerprint density at radius 1 is 1.18 bits per heavy atom. The van der Waals surface area contributed by atoms with E-state index < -0.39 is 0 Å². The van der Waals surface area contributed by atoms with E-state index in [1.54, 1.807) is 42.3 Å². The molecule has 0 saturated carbocycles. The van der Waals surface area contributed by atoms with Crippen molar-refractivity contribution < 1.29 is 0 Å². The molecular weight excluding hydrogens is 302 g/mol. The van der Waals surface area contributed by atoms with E-state index in [0.717, 1.165) is 10.8 Å². The predicted octanol–water partition coefficient (Wildman–Crippen LogP) is 2.32. The minimum absolute atomic E-state index is 0.245. The molecule has 4 aromatic rings. The third-order valence-electron chi connectivity index (χ3n) is 3.48. The van der Waals surface area contributed by atoms with Crippen molar-refractivity contribution >= 4 is 33.5 Å². The Hall–Kier alpha value is -2.73. The van der Waals surface area contributed by atoms with Gasteiger partial charge in [0.25, 0.3) is 5.56 Å². The van der Waals surface area contributed by atoms with Gasteiger partial charge < -0.3 is 0 Å². The summed E-state index contributed by atoms with van der Waals surface area (Å²) >= 11 is 6.02. The molecule has 22 heavy (non-hydrogen) atoms. The molecule has 108 valence electrons. The Balaban J connectivity index is 2.28. The monoisotopic (exact) mass is 311 g/mol. The van der Waals surface area contributed by atoms with Crippen LogP contribution in [-0.2, 0) is 7.05 Å². The van der Waals surface area contributed by atoms with Crippen LogP contribution in [0, 0.1) is 0 Å². The van der Waals surface area contributed by atoms with Crippen LogP contribution in [-0.4, -0.2) is 24.3 Å². The number of aromatic nitrogens is 5. The highest BCUT2D eigenvalue weighted by molar-refractivity contribution is 6.30. The number of halogens is 1. The molecule has 4 heterocycles. The first-order valence-electron chi connectivity index (χ1n) is 6.60. The van der Waals surface area contributed by atoms with Crippen LogP contribution in [0.15, 0.2) is 47.7 Å². The maximum atomic E-state index is 12.8. The molecule has 0 atom stereocenters. The number of hydrogen-bond acceptors (Lipinski definition) is 4. The molecule has 0 aliphatic heterocycles. The quantitative estimate of drug-likeness (QED) is 0.506. The first-order valence-corrected chi connectivity index (χ1v) is 6.98. The molecule has 4 aromatic heterocycles. The average Bonchev–Trinajstić information content (AvgIpc) is 2.90. The maximum absolute atomic E-state index is 12.8. The number of rotatable bonds is 1. The van der Waals surface area contributed by atoms with Gasteiger partial charge in [0, 0.05) is 30.2 Å². The molecular formula is C15H10ClN5O. The van der Waals surface area contributed by atoms with Crippen LogP contribution in [0.25, 0.3) is 27.6 Å². The maximum Gasteiger partial charge on any atom is 0.285 e. The van der Waals surface area contributed by atoms with Crippen molar-refractivity contribution in [3.63, 3.8) is 0 Å². The fourth-order valence-electron chi connectivity index (χ4n) is 2.58. The Morgan fingerprint density at radius 2 is 2.05 bits per heavy atom. The Labute approximate surface area is 129 Å². The van der Waals surface area contributed by atoms with E-state index >= 15 is 0 Å². The first kappa shape index (κ1) is 13.0. The van der Waals surface area contributed by atoms with Crippen LogP contribution >= 0.6 is 11.6 Å². The molecule has 4 rings (SSSR count). The van der Waals surface area contributed by atoms with Gasteiger partial charge in [-0.3, -0.25) is 19.0 Å². The largest absolute Gasteiger partial charge is 0.285 e. The van der Waals surface area contributed by atoms with E-state index in [1.807, 2.05) is 12.3 Å². The minimum atomic E-state index is -0.245. The average molecular weight is 312 g/mol. The van der Waals surface area contributed by atoms with Crippen molar-refractivity contribution in [1.29, 1.82) is 0 Å². The van der Waals surface area contributed by atoms with Gasteiger partial charge in [0.2, 0.25) is 0 Å². The molecule has 7 heteroatoms. The van der Waals surface area contributed by atoms with E-state index in [0.29, 0.717) is 22.0 Å². The third-order valence-corrected chi connectivity index (χ3v) is 3.69. The third kappa shape index (κ3) is 1.81. The highest BCUT2D eigenvalue weighted by Crippen LogP contribution is 2.24. The van der Waals surface area contributed by atoms with Crippen LogP contribution in [0.1, 0.15) is 0 Å². The lowest BCUT2D eigenvalue weighted by Crippen LogP contribution is -2.20. The van der Waals surface area contributed by atoms with E-state index in [2.05, 4.69) is 15.1 Å². The fraction of sp³-hybridized carbons (Fsp3) is 0.0667. The second-order valence-corrected chi connectivity index (χ2v) is 5.31. The number of pyridine rings is 3. The lowest BCUT2D eigenvalue weighted by atomic mass is 10.2. The summed E-state index contributed by atoms with van der Waals surface area (Å²) in [7, 11) is 1.78. The molecule has 0 aliphatic rings. The van der Waals surface area contributed by atoms with E-state index in [1.165, 1.54) is 4.57 Å². The molecule has 0 saturated heterocycles. The lowest BCUT2D eigenvalue weighted by Gasteiger charge is -2.09. The molecule has 0 N–H and O–H groups in total. The van der Waals surface area contributed by atoms with Crippen molar-refractivity contribution in [2.75, 3.05) is 0 Å². The first-order chi connectivity index (χ1) is 10.6. The second kappa shape index (κ2) is 4.64. The van der Waals surface area contributed by atoms with Gasteiger partial charge in [0.05, 0.1) is 11.9 Å². The topological polar surface area (TPSA) is 65.6 Å². The summed E-state index contributed by atoms with van der Waals surface area (Å²) < 4.78 is 3.11. The van der Waals surface area contributed by atoms with Crippen LogP contribution in [0.4, 0.5) is 0 Å². The van der Waals surface area contributed by atoms with Crippen LogP contribution in [0.2, 0.25) is 5.15 Å². The SMILES string of the molecule is Cn1cc2c(n1)c(=O)n(-c1cccnc1)c1nc(Cl)ccc21. The van der Waals surface area contributed by atoms with Gasteiger partial charge in [-0.05, 0) is 24.3 Å². The van der Waals surface area contributed by atoms with Crippen LogP contribution in [0.3, 0.4) is 0 Å². The standard InChI is InChI=1S/C15H10ClN5O/c1-20-8-11-10-4-5-12(16)18-14(10)21(15(22)13(11)19-20)9-3-2-6-17-7-9/h2-8H,1H3. The summed E-state index contributed by atoms with van der Waals surface area (Å²) in [6, 6.07) is 7.11. The van der Waals surface area contributed by atoms with Crippen LogP contribution < -0.4 is 5.56 Å². The van der Waals surface area contributed by atoms with Gasteiger partial charge in [0.1, 0.15) is 10.8 Å². The number of hydrogen-bond donors (Lipinski definition) is 0. The zero-order valence-electron chi connectivity index (χ0n) is 11.6. The molecule has 0 fully saturated rings. The highest BCUT2D eigenvalue weighted by Gasteiger charge is 2.16. The van der Waals surface area contributed by atoms with Crippen molar-refractivity contribution in [2.45, 2.75) is 0 Å². The highest BCUT2D eigenvalue weighted by atomic mass is 35.5. The van der Waals surface area contributed by atoms with Gasteiger partial charge in [-0.15, -0.1) is 0 Å². The van der Waals surface area contributed by atoms with Crippen molar-refractivity contribution in [3.8, 4) is 5.69 Å². The Bertz CT molecular complexity index is 1070. The predicted molar refractivity (Wildman–Crippen MR) is 84.4 cm³/mol. The van der Waals surface area contributed by atoms with Crippen molar-refractivity contribution in [1.82, 2.24) is 24.3 Å². The van der Waals surface area contributed by atoms with Gasteiger partial charge in [-0.25, -0.2) is 4.98 Å². The van der Waals surface area contributed by atoms with Gasteiger partial charge >= 0.3 is 0 Å². The summed E-state index contributed by atoms with van der Waals surface area (Å²) in [5, 5.41) is 6.17. The summed E-state index contributed by atoms with van der Waals surface area (Å²) in [5.74, 6) is 0. The van der Waals surface area contributed by atoms with Gasteiger partial charge in [0.15, 0.2) is 5.52 Å². The number of aryl methyl sites for hydroxylation is 1. The second-order valence-electron chi connectivity index (χ2n) is 4.92. The molecule has 6 nitrogen and oxygen atoms in total. The summed E-state index contributed by atoms with van der Waals surface area (Å²) in [4.78, 5) is 21.3. The van der Waals surface area contributed by atoms with E-state index in [9.17, 15) is 4.79 Å². The Kier molecular flexibility index (Phi) is 2.74. The van der Waals surface area contributed by atoms with Crippen LogP contribution in [0.5, 0.6) is 0 Å². The zero-order valence-corrected chi connectivity index (χ0v) is 12.3. The van der Waals surface area contributed by atoms with Gasteiger partial charge in [-0.1, -0.05) is 11.6 Å². The molecule has 0 aromatic carbocycles. The fourth-order valence-corrected chi connectivity index (χ4v) is 2.72. The number of nitrogens with zero attached hydrogens (tertiary/aromatic N) is 5. The summed E-state index contributed by atoms with van der Waals surface area (Å²) in [6.45, 7) is 0. The number of fused-ring (bicyclic) bond motifs is 3. The van der Waals surface area contributed by atoms with E-state index in [-0.39, 0.29) is 5.56 Å². The normalized spacial score (nSPS) is 11.4.